The summed E-state index contributed by atoms with van der Waals surface area (Å²) >= 11 is -2.41. The van der Waals surface area contributed by atoms with Crippen molar-refractivity contribution >= 4 is 28.0 Å². The molecule has 12 heteroatoms. The van der Waals surface area contributed by atoms with Crippen molar-refractivity contribution < 1.29 is 26.5 Å². The van der Waals surface area contributed by atoms with Gasteiger partial charge in [-0.15, -0.1) is 0 Å². The van der Waals surface area contributed by atoms with Gasteiger partial charge in [0.05, 0.1) is 15.7 Å². The number of rotatable bonds is 9. The fourth-order valence-electron chi connectivity index (χ4n) is 3.69. The second-order valence-corrected chi connectivity index (χ2v) is 12.5. The Labute approximate surface area is 224 Å². The summed E-state index contributed by atoms with van der Waals surface area (Å²) in [5.74, 6) is -1.94. The average Bonchev–Trinajstić information content (AvgIpc) is 2.83. The Kier molecular flexibility index (Phi) is 9.26. The molecule has 0 aliphatic heterocycles. The Hall–Kier alpha value is -2.90. The summed E-state index contributed by atoms with van der Waals surface area (Å²) in [6.45, 7) is 6.76. The lowest BCUT2D eigenvalue weighted by atomic mass is 9.89. The molecule has 0 saturated heterocycles. The van der Waals surface area contributed by atoms with Crippen LogP contribution in [0.1, 0.15) is 60.8 Å². The molecule has 1 unspecified atom stereocenters. The zero-order chi connectivity index (χ0) is 28.4. The Balaban J connectivity index is 2.27. The molecule has 38 heavy (non-hydrogen) atoms. The number of benzene rings is 2. The minimum Gasteiger partial charge on any atom is -0.318 e. The highest BCUT2D eigenvalue weighted by atomic mass is 32.2. The summed E-state index contributed by atoms with van der Waals surface area (Å²) < 4.78 is 67.6. The number of hydrogen-bond donors (Lipinski definition) is 3. The van der Waals surface area contributed by atoms with E-state index in [1.54, 1.807) is 27.7 Å². The summed E-state index contributed by atoms with van der Waals surface area (Å²) in [6, 6.07) is 7.89. The highest BCUT2D eigenvalue weighted by Gasteiger charge is 2.26. The molecule has 0 fully saturated rings. The number of ketones is 1. The van der Waals surface area contributed by atoms with Gasteiger partial charge in [-0.1, -0.05) is 0 Å². The monoisotopic (exact) mass is 565 g/mol. The SMILES string of the molecule is C[C@H](N[S@@](=O)C(C)(C)C)c1cc(=O)n(C)cc1-c1cc(CNS(=O)O)c(F)cc1C(=O)c1ccc(F)cc1. The molecule has 0 radical (unpaired) electrons. The molecule has 3 atom stereocenters. The third-order valence-corrected chi connectivity index (χ3v) is 7.85. The molecular weight excluding hydrogens is 536 g/mol. The maximum atomic E-state index is 15.1. The van der Waals surface area contributed by atoms with E-state index < -0.39 is 50.5 Å². The molecule has 3 rings (SSSR count). The van der Waals surface area contributed by atoms with Crippen molar-refractivity contribution in [2.75, 3.05) is 0 Å². The lowest BCUT2D eigenvalue weighted by Gasteiger charge is -2.24. The number of aromatic nitrogens is 1. The largest absolute Gasteiger partial charge is 0.318 e. The quantitative estimate of drug-likeness (QED) is 0.269. The first-order valence-corrected chi connectivity index (χ1v) is 13.8. The van der Waals surface area contributed by atoms with E-state index in [2.05, 4.69) is 9.44 Å². The van der Waals surface area contributed by atoms with Crippen molar-refractivity contribution in [1.82, 2.24) is 14.0 Å². The Bertz CT molecular complexity index is 1470. The van der Waals surface area contributed by atoms with Crippen LogP contribution in [-0.4, -0.2) is 28.1 Å². The van der Waals surface area contributed by atoms with Crippen LogP contribution in [0.4, 0.5) is 8.78 Å². The van der Waals surface area contributed by atoms with Crippen LogP contribution in [0.2, 0.25) is 0 Å². The van der Waals surface area contributed by atoms with Crippen LogP contribution in [0.25, 0.3) is 11.1 Å². The molecular formula is C26H29F2N3O5S2. The van der Waals surface area contributed by atoms with Crippen LogP contribution in [0.3, 0.4) is 0 Å². The maximum Gasteiger partial charge on any atom is 0.250 e. The van der Waals surface area contributed by atoms with Crippen molar-refractivity contribution in [3.05, 3.63) is 92.9 Å². The van der Waals surface area contributed by atoms with Gasteiger partial charge in [0.1, 0.15) is 11.6 Å². The van der Waals surface area contributed by atoms with Gasteiger partial charge in [0.2, 0.25) is 11.3 Å². The van der Waals surface area contributed by atoms with Crippen LogP contribution in [0.5, 0.6) is 0 Å². The lowest BCUT2D eigenvalue weighted by molar-refractivity contribution is 0.103. The van der Waals surface area contributed by atoms with E-state index in [1.807, 2.05) is 0 Å². The van der Waals surface area contributed by atoms with Gasteiger partial charge in [-0.3, -0.25) is 14.1 Å². The third kappa shape index (κ3) is 6.94. The van der Waals surface area contributed by atoms with Gasteiger partial charge in [0.25, 0.3) is 5.56 Å². The minimum absolute atomic E-state index is 0.00302. The Morgan fingerprint density at radius 3 is 2.29 bits per heavy atom. The van der Waals surface area contributed by atoms with Crippen LogP contribution in [0, 0.1) is 11.6 Å². The second kappa shape index (κ2) is 11.9. The first kappa shape index (κ1) is 29.7. The van der Waals surface area contributed by atoms with Gasteiger partial charge in [0, 0.05) is 54.2 Å². The van der Waals surface area contributed by atoms with Crippen LogP contribution in [0.15, 0.2) is 53.5 Å². The van der Waals surface area contributed by atoms with Gasteiger partial charge >= 0.3 is 0 Å². The average molecular weight is 566 g/mol. The minimum atomic E-state index is -2.41. The standard InChI is InChI=1S/C26H29F2N3O5S2/c1-15(30-37(34)26(2,3)4)19-12-24(32)31(5)14-22(19)20-10-17(13-29-38(35)36)23(28)11-21(20)25(33)16-6-8-18(27)9-7-16/h6-12,14-15,29-30H,13H2,1-5H3,(H,35,36)/t15-,37-/m0/s1. The smallest absolute Gasteiger partial charge is 0.250 e. The topological polar surface area (TPSA) is 118 Å². The number of halogens is 2. The predicted molar refractivity (Wildman–Crippen MR) is 144 cm³/mol. The van der Waals surface area contributed by atoms with Gasteiger partial charge in [-0.25, -0.2) is 26.6 Å². The number of carbonyl (C=O) groups excluding carboxylic acids is 1. The fraction of sp³-hybridized carbons (Fsp3) is 0.308. The third-order valence-electron chi connectivity index (χ3n) is 5.78. The zero-order valence-electron chi connectivity index (χ0n) is 21.5. The molecule has 204 valence electrons. The van der Waals surface area contributed by atoms with Crippen molar-refractivity contribution in [3.8, 4) is 11.1 Å². The molecule has 0 bridgehead atoms. The van der Waals surface area contributed by atoms with E-state index in [9.17, 15) is 22.4 Å². The van der Waals surface area contributed by atoms with Gasteiger partial charge in [-0.2, -0.15) is 0 Å². The van der Waals surface area contributed by atoms with E-state index >= 15 is 4.39 Å². The lowest BCUT2D eigenvalue weighted by Crippen LogP contribution is -2.35. The Morgan fingerprint density at radius 1 is 1.08 bits per heavy atom. The van der Waals surface area contributed by atoms with Crippen molar-refractivity contribution in [1.29, 1.82) is 0 Å². The molecule has 2 aromatic carbocycles. The number of pyridine rings is 1. The van der Waals surface area contributed by atoms with Gasteiger partial charge in [-0.05, 0) is 75.2 Å². The first-order valence-electron chi connectivity index (χ1n) is 11.5. The number of nitrogens with one attached hydrogen (secondary N) is 2. The number of hydrogen-bond acceptors (Lipinski definition) is 4. The zero-order valence-corrected chi connectivity index (χ0v) is 23.1. The second-order valence-electron chi connectivity index (χ2n) is 9.71. The van der Waals surface area contributed by atoms with E-state index in [0.29, 0.717) is 11.1 Å². The molecule has 0 spiro atoms. The van der Waals surface area contributed by atoms with E-state index in [0.717, 1.165) is 18.2 Å². The summed E-state index contributed by atoms with van der Waals surface area (Å²) in [6.07, 6.45) is 1.49. The van der Waals surface area contributed by atoms with Gasteiger partial charge in [0.15, 0.2) is 5.78 Å². The molecule has 3 N–H and O–H groups in total. The molecule has 0 aliphatic rings. The van der Waals surface area contributed by atoms with E-state index in [-0.39, 0.29) is 34.4 Å². The van der Waals surface area contributed by atoms with E-state index in [4.69, 9.17) is 4.55 Å². The molecule has 1 heterocycles. The maximum absolute atomic E-state index is 15.1. The van der Waals surface area contributed by atoms with Crippen LogP contribution in [-0.2, 0) is 35.8 Å². The summed E-state index contributed by atoms with van der Waals surface area (Å²) in [4.78, 5) is 26.1. The van der Waals surface area contributed by atoms with Crippen molar-refractivity contribution in [3.63, 3.8) is 0 Å². The number of carbonyl (C=O) groups is 1. The molecule has 0 amide bonds. The Morgan fingerprint density at radius 2 is 1.71 bits per heavy atom. The molecule has 0 saturated carbocycles. The molecule has 8 nitrogen and oxygen atoms in total. The van der Waals surface area contributed by atoms with Crippen LogP contribution >= 0.6 is 0 Å². The summed E-state index contributed by atoms with van der Waals surface area (Å²) in [5.41, 5.74) is 0.724. The molecule has 3 aromatic rings. The first-order chi connectivity index (χ1) is 17.7. The van der Waals surface area contributed by atoms with Crippen molar-refractivity contribution in [2.45, 2.75) is 45.0 Å². The molecule has 1 aromatic heterocycles. The summed E-state index contributed by atoms with van der Waals surface area (Å²) in [5, 5.41) is 0. The summed E-state index contributed by atoms with van der Waals surface area (Å²) in [7, 11) is 0.0173. The normalized spacial score (nSPS) is 14.2. The van der Waals surface area contributed by atoms with Crippen molar-refractivity contribution in [2.24, 2.45) is 7.05 Å². The number of aryl methyl sites for hydroxylation is 1. The number of nitrogens with zero attached hydrogens (tertiary/aromatic N) is 1. The molecule has 0 aliphatic carbocycles. The fourth-order valence-corrected chi connectivity index (χ4v) is 4.77. The van der Waals surface area contributed by atoms with Crippen LogP contribution < -0.4 is 15.0 Å². The van der Waals surface area contributed by atoms with Gasteiger partial charge < -0.3 is 4.57 Å². The highest BCUT2D eigenvalue weighted by Crippen LogP contribution is 2.34. The highest BCUT2D eigenvalue weighted by molar-refractivity contribution is 7.84. The predicted octanol–water partition coefficient (Wildman–Crippen LogP) is 3.90. The van der Waals surface area contributed by atoms with E-state index in [1.165, 1.54) is 42.1 Å².